The Labute approximate surface area is 179 Å². The molecule has 152 valence electrons. The molecule has 4 aromatic rings. The summed E-state index contributed by atoms with van der Waals surface area (Å²) in [7, 11) is 0. The number of benzene rings is 2. The van der Waals surface area contributed by atoms with Crippen LogP contribution in [-0.2, 0) is 6.42 Å². The Morgan fingerprint density at radius 2 is 1.77 bits per heavy atom. The predicted octanol–water partition coefficient (Wildman–Crippen LogP) is 4.87. The second-order valence-corrected chi connectivity index (χ2v) is 8.72. The highest BCUT2D eigenvalue weighted by Crippen LogP contribution is 2.34. The van der Waals surface area contributed by atoms with Crippen LogP contribution in [0.15, 0.2) is 60.9 Å². The lowest BCUT2D eigenvalue weighted by Crippen LogP contribution is -2.35. The molecule has 1 aliphatic rings. The fraction of sp³-hybridized carbons (Fsp3) is 0.261. The van der Waals surface area contributed by atoms with E-state index in [0.29, 0.717) is 17.4 Å². The molecule has 1 aliphatic heterocycles. The van der Waals surface area contributed by atoms with Gasteiger partial charge in [0.2, 0.25) is 0 Å². The number of hydrogen-bond acceptors (Lipinski definition) is 7. The Morgan fingerprint density at radius 3 is 2.57 bits per heavy atom. The first-order valence-electron chi connectivity index (χ1n) is 10.3. The molecule has 0 saturated carbocycles. The fourth-order valence-corrected chi connectivity index (χ4v) is 4.93. The Balaban J connectivity index is 1.28. The maximum atomic E-state index is 6.46. The van der Waals surface area contributed by atoms with Gasteiger partial charge in [-0.3, -0.25) is 0 Å². The normalized spacial score (nSPS) is 14.9. The average molecular weight is 417 g/mol. The number of hydrogen-bond donors (Lipinski definition) is 2. The lowest BCUT2D eigenvalue weighted by atomic mass is 9.90. The van der Waals surface area contributed by atoms with Gasteiger partial charge in [0.25, 0.3) is 0 Å². The zero-order chi connectivity index (χ0) is 20.3. The van der Waals surface area contributed by atoms with Gasteiger partial charge in [-0.1, -0.05) is 53.8 Å². The summed E-state index contributed by atoms with van der Waals surface area (Å²) in [5.41, 5.74) is 9.43. The summed E-state index contributed by atoms with van der Waals surface area (Å²) in [4.78, 5) is 15.8. The molecule has 3 N–H and O–H groups in total. The van der Waals surface area contributed by atoms with Gasteiger partial charge in [0.15, 0.2) is 16.8 Å². The van der Waals surface area contributed by atoms with Crippen LogP contribution in [0.25, 0.3) is 10.2 Å². The van der Waals surface area contributed by atoms with Crippen molar-refractivity contribution in [2.75, 3.05) is 29.0 Å². The van der Waals surface area contributed by atoms with Gasteiger partial charge in [-0.15, -0.1) is 0 Å². The van der Waals surface area contributed by atoms with Crippen LogP contribution < -0.4 is 16.0 Å². The number of para-hydroxylation sites is 1. The van der Waals surface area contributed by atoms with E-state index in [-0.39, 0.29) is 0 Å². The number of nitrogens with zero attached hydrogens (tertiary/aromatic N) is 4. The molecule has 0 aliphatic carbocycles. The van der Waals surface area contributed by atoms with Crippen molar-refractivity contribution in [2.24, 2.45) is 5.92 Å². The van der Waals surface area contributed by atoms with Gasteiger partial charge in [0.1, 0.15) is 12.0 Å². The quantitative estimate of drug-likeness (QED) is 0.483. The van der Waals surface area contributed by atoms with Crippen molar-refractivity contribution in [3.63, 3.8) is 0 Å². The molecule has 6 nitrogen and oxygen atoms in total. The first-order valence-corrected chi connectivity index (χ1v) is 11.1. The summed E-state index contributed by atoms with van der Waals surface area (Å²) < 4.78 is 1.13. The monoisotopic (exact) mass is 416 g/mol. The number of nitrogens with two attached hydrogens (primary N) is 1. The number of anilines is 4. The van der Waals surface area contributed by atoms with E-state index in [4.69, 9.17) is 5.73 Å². The molecule has 0 amide bonds. The lowest BCUT2D eigenvalue weighted by Gasteiger charge is -2.33. The van der Waals surface area contributed by atoms with Gasteiger partial charge in [0, 0.05) is 13.1 Å². The number of thiazole rings is 1. The highest BCUT2D eigenvalue weighted by atomic mass is 32.1. The molecular weight excluding hydrogens is 392 g/mol. The SMILES string of the molecule is Nc1c(Nc2nc3ccccc3s2)ncnc1N1CCC(Cc2ccccc2)CC1. The molecule has 3 heterocycles. The first kappa shape index (κ1) is 18.8. The molecule has 30 heavy (non-hydrogen) atoms. The van der Waals surface area contributed by atoms with Gasteiger partial charge >= 0.3 is 0 Å². The molecule has 1 saturated heterocycles. The van der Waals surface area contributed by atoms with Crippen molar-refractivity contribution in [3.05, 3.63) is 66.5 Å². The van der Waals surface area contributed by atoms with Gasteiger partial charge in [-0.05, 0) is 42.9 Å². The van der Waals surface area contributed by atoms with Crippen molar-refractivity contribution in [1.29, 1.82) is 0 Å². The zero-order valence-corrected chi connectivity index (χ0v) is 17.5. The third-order valence-corrected chi connectivity index (χ3v) is 6.62. The highest BCUT2D eigenvalue weighted by molar-refractivity contribution is 7.22. The Morgan fingerprint density at radius 1 is 1.00 bits per heavy atom. The van der Waals surface area contributed by atoms with Crippen LogP contribution in [0.2, 0.25) is 0 Å². The van der Waals surface area contributed by atoms with E-state index in [1.165, 1.54) is 5.56 Å². The summed E-state index contributed by atoms with van der Waals surface area (Å²) in [6, 6.07) is 18.8. The molecule has 0 bridgehead atoms. The minimum Gasteiger partial charge on any atom is -0.393 e. The number of nitrogen functional groups attached to an aromatic ring is 1. The van der Waals surface area contributed by atoms with Gasteiger partial charge in [-0.2, -0.15) is 0 Å². The maximum Gasteiger partial charge on any atom is 0.189 e. The van der Waals surface area contributed by atoms with Crippen molar-refractivity contribution >= 4 is 44.0 Å². The number of rotatable bonds is 5. The van der Waals surface area contributed by atoms with E-state index in [1.54, 1.807) is 17.7 Å². The van der Waals surface area contributed by atoms with Crippen LogP contribution in [0.4, 0.5) is 22.5 Å². The molecule has 2 aromatic heterocycles. The van der Waals surface area contributed by atoms with E-state index >= 15 is 0 Å². The summed E-state index contributed by atoms with van der Waals surface area (Å²) in [5, 5.41) is 4.07. The summed E-state index contributed by atoms with van der Waals surface area (Å²) in [5.74, 6) is 2.13. The minimum atomic E-state index is 0.582. The van der Waals surface area contributed by atoms with Crippen molar-refractivity contribution in [1.82, 2.24) is 15.0 Å². The third kappa shape index (κ3) is 3.93. The molecule has 1 fully saturated rings. The Bertz CT molecular complexity index is 1100. The van der Waals surface area contributed by atoms with E-state index in [0.717, 1.165) is 53.5 Å². The standard InChI is InChI=1S/C23H24N6S/c24-20-21(28-23-27-18-8-4-5-9-19(18)30-23)25-15-26-22(20)29-12-10-17(11-13-29)14-16-6-2-1-3-7-16/h1-9,15,17H,10-14,24H2,(H,25,26,27,28). The summed E-state index contributed by atoms with van der Waals surface area (Å²) in [6.45, 7) is 1.92. The second-order valence-electron chi connectivity index (χ2n) is 7.69. The van der Waals surface area contributed by atoms with Crippen molar-refractivity contribution in [2.45, 2.75) is 19.3 Å². The molecule has 0 radical (unpaired) electrons. The van der Waals surface area contributed by atoms with Crippen molar-refractivity contribution < 1.29 is 0 Å². The Kier molecular flexibility index (Phi) is 5.19. The number of fused-ring (bicyclic) bond motifs is 1. The van der Waals surface area contributed by atoms with E-state index in [2.05, 4.69) is 61.6 Å². The van der Waals surface area contributed by atoms with Crippen LogP contribution in [-0.4, -0.2) is 28.0 Å². The minimum absolute atomic E-state index is 0.582. The maximum absolute atomic E-state index is 6.46. The van der Waals surface area contributed by atoms with Crippen LogP contribution in [0.3, 0.4) is 0 Å². The molecule has 2 aromatic carbocycles. The number of aromatic nitrogens is 3. The van der Waals surface area contributed by atoms with E-state index < -0.39 is 0 Å². The number of nitrogens with one attached hydrogen (secondary N) is 1. The molecule has 0 unspecified atom stereocenters. The zero-order valence-electron chi connectivity index (χ0n) is 16.7. The van der Waals surface area contributed by atoms with Crippen molar-refractivity contribution in [3.8, 4) is 0 Å². The van der Waals surface area contributed by atoms with Gasteiger partial charge in [-0.25, -0.2) is 15.0 Å². The molecule has 0 spiro atoms. The summed E-state index contributed by atoms with van der Waals surface area (Å²) >= 11 is 1.59. The second kappa shape index (κ2) is 8.28. The molecule has 0 atom stereocenters. The highest BCUT2D eigenvalue weighted by Gasteiger charge is 2.23. The lowest BCUT2D eigenvalue weighted by molar-refractivity contribution is 0.402. The van der Waals surface area contributed by atoms with E-state index in [9.17, 15) is 0 Å². The van der Waals surface area contributed by atoms with Crippen LogP contribution in [0.5, 0.6) is 0 Å². The topological polar surface area (TPSA) is 80.0 Å². The Hall–Kier alpha value is -3.19. The number of piperidine rings is 1. The smallest absolute Gasteiger partial charge is 0.189 e. The predicted molar refractivity (Wildman–Crippen MR) is 124 cm³/mol. The van der Waals surface area contributed by atoms with Gasteiger partial charge < -0.3 is 16.0 Å². The van der Waals surface area contributed by atoms with Crippen LogP contribution >= 0.6 is 11.3 Å². The van der Waals surface area contributed by atoms with Crippen LogP contribution in [0, 0.1) is 5.92 Å². The molecule has 5 rings (SSSR count). The largest absolute Gasteiger partial charge is 0.393 e. The first-order chi connectivity index (χ1) is 14.8. The van der Waals surface area contributed by atoms with E-state index in [1.807, 2.05) is 18.2 Å². The summed E-state index contributed by atoms with van der Waals surface area (Å²) in [6.07, 6.45) is 4.99. The van der Waals surface area contributed by atoms with Crippen LogP contribution in [0.1, 0.15) is 18.4 Å². The molecular formula is C23H24N6S. The fourth-order valence-electron chi connectivity index (χ4n) is 4.06. The molecule has 7 heteroatoms. The average Bonchev–Trinajstić information content (AvgIpc) is 3.19. The van der Waals surface area contributed by atoms with Gasteiger partial charge in [0.05, 0.1) is 10.2 Å². The third-order valence-electron chi connectivity index (χ3n) is 5.66.